The zero-order valence-corrected chi connectivity index (χ0v) is 13.3. The molecular weight excluding hydrogens is 306 g/mol. The molecule has 122 valence electrons. The summed E-state index contributed by atoms with van der Waals surface area (Å²) in [5, 5.41) is 0.738. The average molecular weight is 323 g/mol. The van der Waals surface area contributed by atoms with E-state index in [0.717, 1.165) is 29.7 Å². The summed E-state index contributed by atoms with van der Waals surface area (Å²) >= 11 is 0. The SMILES string of the molecule is COC(=O)c1c(C2CC2)oc2ccc(OCc3ccccn3)cc12. The van der Waals surface area contributed by atoms with E-state index < -0.39 is 0 Å². The number of hydrogen-bond donors (Lipinski definition) is 0. The standard InChI is InChI=1S/C19H17NO4/c1-22-19(21)17-15-10-14(23-11-13-4-2-3-9-20-13)7-8-16(15)24-18(17)12-5-6-12/h2-4,7-10,12H,5-6,11H2,1H3. The van der Waals surface area contributed by atoms with Gasteiger partial charge in [0.2, 0.25) is 0 Å². The zero-order chi connectivity index (χ0) is 16.5. The van der Waals surface area contributed by atoms with Crippen LogP contribution in [0.1, 0.15) is 40.6 Å². The van der Waals surface area contributed by atoms with Gasteiger partial charge >= 0.3 is 5.97 Å². The van der Waals surface area contributed by atoms with Crippen LogP contribution in [0.5, 0.6) is 5.75 Å². The van der Waals surface area contributed by atoms with Gasteiger partial charge in [-0.1, -0.05) is 6.07 Å². The molecule has 1 aliphatic rings. The maximum absolute atomic E-state index is 12.2. The van der Waals surface area contributed by atoms with Gasteiger partial charge in [0.15, 0.2) is 0 Å². The molecule has 0 aliphatic heterocycles. The lowest BCUT2D eigenvalue weighted by Crippen LogP contribution is -2.03. The molecule has 24 heavy (non-hydrogen) atoms. The van der Waals surface area contributed by atoms with Crippen molar-refractivity contribution in [3.05, 3.63) is 59.6 Å². The van der Waals surface area contributed by atoms with Crippen LogP contribution in [0.2, 0.25) is 0 Å². The highest BCUT2D eigenvalue weighted by Crippen LogP contribution is 2.45. The number of methoxy groups -OCH3 is 1. The molecule has 5 nitrogen and oxygen atoms in total. The highest BCUT2D eigenvalue weighted by atomic mass is 16.5. The van der Waals surface area contributed by atoms with Crippen molar-refractivity contribution in [2.24, 2.45) is 0 Å². The van der Waals surface area contributed by atoms with E-state index in [-0.39, 0.29) is 5.97 Å². The molecule has 1 saturated carbocycles. The van der Waals surface area contributed by atoms with Crippen molar-refractivity contribution in [3.63, 3.8) is 0 Å². The fourth-order valence-corrected chi connectivity index (χ4v) is 2.77. The Balaban J connectivity index is 1.67. The van der Waals surface area contributed by atoms with Gasteiger partial charge in [0.1, 0.15) is 29.3 Å². The average Bonchev–Trinajstić information content (AvgIpc) is 3.40. The summed E-state index contributed by atoms with van der Waals surface area (Å²) < 4.78 is 16.6. The zero-order valence-electron chi connectivity index (χ0n) is 13.3. The molecule has 0 bridgehead atoms. The molecule has 3 aromatic rings. The molecule has 2 aromatic heterocycles. The Morgan fingerprint density at radius 1 is 1.29 bits per heavy atom. The number of rotatable bonds is 5. The summed E-state index contributed by atoms with van der Waals surface area (Å²) in [5.41, 5.74) is 2.05. The van der Waals surface area contributed by atoms with Crippen molar-refractivity contribution in [3.8, 4) is 5.75 Å². The van der Waals surface area contributed by atoms with E-state index >= 15 is 0 Å². The highest BCUT2D eigenvalue weighted by Gasteiger charge is 2.34. The van der Waals surface area contributed by atoms with Gasteiger partial charge < -0.3 is 13.9 Å². The van der Waals surface area contributed by atoms with Gasteiger partial charge in [-0.2, -0.15) is 0 Å². The van der Waals surface area contributed by atoms with Gasteiger partial charge in [-0.25, -0.2) is 4.79 Å². The molecular formula is C19H17NO4. The first-order valence-electron chi connectivity index (χ1n) is 7.93. The third-order valence-electron chi connectivity index (χ3n) is 4.14. The number of esters is 1. The number of furan rings is 1. The molecule has 0 spiro atoms. The van der Waals surface area contributed by atoms with Gasteiger partial charge in [0, 0.05) is 17.5 Å². The van der Waals surface area contributed by atoms with E-state index in [1.54, 1.807) is 6.20 Å². The van der Waals surface area contributed by atoms with E-state index in [2.05, 4.69) is 4.98 Å². The predicted octanol–water partition coefficient (Wildman–Crippen LogP) is 4.07. The number of fused-ring (bicyclic) bond motifs is 1. The van der Waals surface area contributed by atoms with E-state index in [1.165, 1.54) is 7.11 Å². The van der Waals surface area contributed by atoms with Crippen LogP contribution in [0.3, 0.4) is 0 Å². The highest BCUT2D eigenvalue weighted by molar-refractivity contribution is 6.05. The molecule has 0 radical (unpaired) electrons. The molecule has 0 unspecified atom stereocenters. The molecule has 1 aromatic carbocycles. The van der Waals surface area contributed by atoms with Crippen molar-refractivity contribution in [2.75, 3.05) is 7.11 Å². The van der Waals surface area contributed by atoms with Crippen LogP contribution in [-0.4, -0.2) is 18.1 Å². The van der Waals surface area contributed by atoms with Crippen molar-refractivity contribution in [1.82, 2.24) is 4.98 Å². The molecule has 1 fully saturated rings. The minimum absolute atomic E-state index is 0.324. The first-order valence-corrected chi connectivity index (χ1v) is 7.93. The van der Waals surface area contributed by atoms with Crippen molar-refractivity contribution in [1.29, 1.82) is 0 Å². The topological polar surface area (TPSA) is 61.6 Å². The summed E-state index contributed by atoms with van der Waals surface area (Å²) in [4.78, 5) is 16.4. The maximum atomic E-state index is 12.2. The van der Waals surface area contributed by atoms with Crippen molar-refractivity contribution in [2.45, 2.75) is 25.4 Å². The number of carbonyl (C=O) groups excluding carboxylic acids is 1. The lowest BCUT2D eigenvalue weighted by atomic mass is 10.1. The lowest BCUT2D eigenvalue weighted by molar-refractivity contribution is 0.0600. The number of nitrogens with zero attached hydrogens (tertiary/aromatic N) is 1. The molecule has 0 amide bonds. The number of aromatic nitrogens is 1. The van der Waals surface area contributed by atoms with E-state index in [1.807, 2.05) is 36.4 Å². The van der Waals surface area contributed by atoms with Crippen LogP contribution in [0.15, 0.2) is 47.0 Å². The monoisotopic (exact) mass is 323 g/mol. The fourth-order valence-electron chi connectivity index (χ4n) is 2.77. The van der Waals surface area contributed by atoms with Gasteiger partial charge in [0.05, 0.1) is 12.8 Å². The van der Waals surface area contributed by atoms with Crippen LogP contribution in [0.4, 0.5) is 0 Å². The van der Waals surface area contributed by atoms with E-state index in [9.17, 15) is 4.79 Å². The maximum Gasteiger partial charge on any atom is 0.342 e. The van der Waals surface area contributed by atoms with Gasteiger partial charge in [-0.05, 0) is 43.2 Å². The van der Waals surface area contributed by atoms with Crippen molar-refractivity contribution < 1.29 is 18.7 Å². The third-order valence-corrected chi connectivity index (χ3v) is 4.14. The van der Waals surface area contributed by atoms with E-state index in [0.29, 0.717) is 29.4 Å². The number of benzene rings is 1. The largest absolute Gasteiger partial charge is 0.487 e. The number of pyridine rings is 1. The number of hydrogen-bond acceptors (Lipinski definition) is 5. The van der Waals surface area contributed by atoms with Gasteiger partial charge in [0.25, 0.3) is 0 Å². The van der Waals surface area contributed by atoms with Crippen molar-refractivity contribution >= 4 is 16.9 Å². The molecule has 0 saturated heterocycles. The summed E-state index contributed by atoms with van der Waals surface area (Å²) in [6.45, 7) is 0.368. The smallest absolute Gasteiger partial charge is 0.342 e. The fraction of sp³-hybridized carbons (Fsp3) is 0.263. The Kier molecular flexibility index (Phi) is 3.69. The molecule has 5 heteroatoms. The second-order valence-corrected chi connectivity index (χ2v) is 5.87. The van der Waals surface area contributed by atoms with Crippen LogP contribution in [0.25, 0.3) is 11.0 Å². The first kappa shape index (κ1) is 14.8. The Labute approximate surface area is 139 Å². The van der Waals surface area contributed by atoms with Crippen LogP contribution in [0, 0.1) is 0 Å². The summed E-state index contributed by atoms with van der Waals surface area (Å²) in [6.07, 6.45) is 3.83. The van der Waals surface area contributed by atoms with E-state index in [4.69, 9.17) is 13.9 Å². The third kappa shape index (κ3) is 2.73. The molecule has 0 atom stereocenters. The number of carbonyl (C=O) groups is 1. The minimum Gasteiger partial charge on any atom is -0.487 e. The Morgan fingerprint density at radius 2 is 2.17 bits per heavy atom. The normalized spacial score (nSPS) is 13.9. The first-order chi connectivity index (χ1) is 11.8. The Bertz CT molecular complexity index is 881. The molecule has 4 rings (SSSR count). The molecule has 2 heterocycles. The van der Waals surface area contributed by atoms with Crippen LogP contribution in [-0.2, 0) is 11.3 Å². The summed E-state index contributed by atoms with van der Waals surface area (Å²) in [7, 11) is 1.39. The minimum atomic E-state index is -0.363. The van der Waals surface area contributed by atoms with Gasteiger partial charge in [-0.15, -0.1) is 0 Å². The number of ether oxygens (including phenoxy) is 2. The van der Waals surface area contributed by atoms with Crippen LogP contribution < -0.4 is 4.74 Å². The van der Waals surface area contributed by atoms with Gasteiger partial charge in [-0.3, -0.25) is 4.98 Å². The second kappa shape index (κ2) is 6.00. The van der Waals surface area contributed by atoms with Crippen LogP contribution >= 0.6 is 0 Å². The molecule has 0 N–H and O–H groups in total. The Hall–Kier alpha value is -2.82. The predicted molar refractivity (Wildman–Crippen MR) is 88.1 cm³/mol. The quantitative estimate of drug-likeness (QED) is 0.662. The summed E-state index contributed by atoms with van der Waals surface area (Å²) in [6, 6.07) is 11.2. The lowest BCUT2D eigenvalue weighted by Gasteiger charge is -2.06. The Morgan fingerprint density at radius 3 is 2.88 bits per heavy atom. The second-order valence-electron chi connectivity index (χ2n) is 5.87. The summed E-state index contributed by atoms with van der Waals surface area (Å²) in [5.74, 6) is 1.36. The molecule has 1 aliphatic carbocycles.